The molecule has 0 bridgehead atoms. The van der Waals surface area contributed by atoms with Crippen LogP contribution < -0.4 is 0 Å². The van der Waals surface area contributed by atoms with Crippen LogP contribution in [0.1, 0.15) is 54.9 Å². The Morgan fingerprint density at radius 2 is 2.13 bits per heavy atom. The topological polar surface area (TPSA) is 29.5 Å². The number of hydrogen-bond donors (Lipinski definition) is 0. The molecule has 2 fully saturated rings. The Kier molecular flexibility index (Phi) is 5.00. The number of aryl methyl sites for hydroxylation is 1. The monoisotopic (exact) mass is 319 g/mol. The fraction of sp³-hybridized carbons (Fsp3) is 0.632. The molecule has 0 unspecified atom stereocenters. The Hall–Kier alpha value is -1.42. The van der Waals surface area contributed by atoms with Crippen molar-refractivity contribution in [1.82, 2.24) is 4.90 Å². The number of halogens is 1. The molecule has 1 saturated carbocycles. The summed E-state index contributed by atoms with van der Waals surface area (Å²) in [5, 5.41) is 0. The number of nitrogens with zero attached hydrogens (tertiary/aromatic N) is 1. The standard InChI is InChI=1S/C19H26FNO2/c1-3-4-7-15-11-21(12-17(23-15)14-9-10-14)19(22)16-8-5-6-13(2)18(16)20/h5-6,8,14-15,17H,3-4,7,9-12H2,1-2H3/t15-,17-/m1/s1. The number of carbonyl (C=O) groups excluding carboxylic acids is 1. The third-order valence-corrected chi connectivity index (χ3v) is 4.93. The maximum absolute atomic E-state index is 14.3. The summed E-state index contributed by atoms with van der Waals surface area (Å²) >= 11 is 0. The molecular weight excluding hydrogens is 293 g/mol. The van der Waals surface area contributed by atoms with Crippen molar-refractivity contribution in [2.45, 2.75) is 58.2 Å². The van der Waals surface area contributed by atoms with E-state index < -0.39 is 5.82 Å². The van der Waals surface area contributed by atoms with Crippen LogP contribution >= 0.6 is 0 Å². The number of benzene rings is 1. The van der Waals surface area contributed by atoms with Crippen LogP contribution in [0.3, 0.4) is 0 Å². The lowest BCUT2D eigenvalue weighted by molar-refractivity contribution is -0.0875. The Bertz CT molecular complexity index is 570. The van der Waals surface area contributed by atoms with Gasteiger partial charge in [0.05, 0.1) is 17.8 Å². The highest BCUT2D eigenvalue weighted by Gasteiger charge is 2.39. The summed E-state index contributed by atoms with van der Waals surface area (Å²) in [6.45, 7) is 5.03. The highest BCUT2D eigenvalue weighted by atomic mass is 19.1. The molecule has 0 aromatic heterocycles. The van der Waals surface area contributed by atoms with Crippen molar-refractivity contribution >= 4 is 5.91 Å². The summed E-state index contributed by atoms with van der Waals surface area (Å²) in [4.78, 5) is 14.6. The summed E-state index contributed by atoms with van der Waals surface area (Å²) in [5.74, 6) is -0.00389. The number of unbranched alkanes of at least 4 members (excludes halogenated alkanes) is 1. The van der Waals surface area contributed by atoms with E-state index in [1.54, 1.807) is 25.1 Å². The van der Waals surface area contributed by atoms with E-state index >= 15 is 0 Å². The van der Waals surface area contributed by atoms with Gasteiger partial charge in [-0.2, -0.15) is 0 Å². The van der Waals surface area contributed by atoms with Crippen LogP contribution in [0, 0.1) is 18.7 Å². The lowest BCUT2D eigenvalue weighted by atomic mass is 10.0. The maximum Gasteiger partial charge on any atom is 0.257 e. The molecule has 2 atom stereocenters. The van der Waals surface area contributed by atoms with Gasteiger partial charge in [0.2, 0.25) is 0 Å². The number of rotatable bonds is 5. The number of hydrogen-bond acceptors (Lipinski definition) is 2. The van der Waals surface area contributed by atoms with Crippen molar-refractivity contribution in [3.8, 4) is 0 Å². The van der Waals surface area contributed by atoms with Crippen LogP contribution in [0.15, 0.2) is 18.2 Å². The first-order chi connectivity index (χ1) is 11.1. The minimum atomic E-state index is -0.392. The predicted molar refractivity (Wildman–Crippen MR) is 88.0 cm³/mol. The number of ether oxygens (including phenoxy) is 1. The first-order valence-corrected chi connectivity index (χ1v) is 8.80. The third kappa shape index (κ3) is 3.74. The second kappa shape index (κ2) is 7.00. The molecule has 1 amide bonds. The fourth-order valence-electron chi connectivity index (χ4n) is 3.34. The molecule has 1 aliphatic carbocycles. The molecule has 1 aromatic carbocycles. The molecule has 2 aliphatic rings. The normalized spacial score (nSPS) is 24.7. The zero-order valence-corrected chi connectivity index (χ0v) is 14.1. The van der Waals surface area contributed by atoms with Crippen molar-refractivity contribution in [2.24, 2.45) is 5.92 Å². The minimum absolute atomic E-state index is 0.0890. The first-order valence-electron chi connectivity index (χ1n) is 8.80. The Balaban J connectivity index is 1.76. The summed E-state index contributed by atoms with van der Waals surface area (Å²) in [6, 6.07) is 5.04. The van der Waals surface area contributed by atoms with Gasteiger partial charge in [-0.25, -0.2) is 4.39 Å². The zero-order chi connectivity index (χ0) is 16.4. The molecule has 0 radical (unpaired) electrons. The van der Waals surface area contributed by atoms with Crippen LogP contribution in [0.5, 0.6) is 0 Å². The van der Waals surface area contributed by atoms with Gasteiger partial charge in [-0.1, -0.05) is 31.9 Å². The lowest BCUT2D eigenvalue weighted by Crippen LogP contribution is -2.51. The van der Waals surface area contributed by atoms with Gasteiger partial charge < -0.3 is 9.64 Å². The molecule has 0 N–H and O–H groups in total. The summed E-state index contributed by atoms with van der Waals surface area (Å²) < 4.78 is 20.5. The third-order valence-electron chi connectivity index (χ3n) is 4.93. The second-order valence-corrected chi connectivity index (χ2v) is 6.92. The van der Waals surface area contributed by atoms with Gasteiger partial charge >= 0.3 is 0 Å². The van der Waals surface area contributed by atoms with Crippen molar-refractivity contribution in [3.05, 3.63) is 35.1 Å². The van der Waals surface area contributed by atoms with Gasteiger partial charge in [0.25, 0.3) is 5.91 Å². The average molecular weight is 319 g/mol. The molecule has 3 nitrogen and oxygen atoms in total. The Morgan fingerprint density at radius 1 is 1.35 bits per heavy atom. The van der Waals surface area contributed by atoms with E-state index in [4.69, 9.17) is 4.74 Å². The molecule has 23 heavy (non-hydrogen) atoms. The molecule has 4 heteroatoms. The number of morpholine rings is 1. The maximum atomic E-state index is 14.3. The van der Waals surface area contributed by atoms with E-state index in [-0.39, 0.29) is 23.7 Å². The predicted octanol–water partition coefficient (Wildman–Crippen LogP) is 3.94. The molecule has 126 valence electrons. The van der Waals surface area contributed by atoms with E-state index in [0.29, 0.717) is 24.6 Å². The van der Waals surface area contributed by atoms with Crippen LogP contribution in [0.25, 0.3) is 0 Å². The van der Waals surface area contributed by atoms with Crippen LogP contribution in [-0.4, -0.2) is 36.1 Å². The number of carbonyl (C=O) groups is 1. The van der Waals surface area contributed by atoms with Gasteiger partial charge in [0, 0.05) is 13.1 Å². The quantitative estimate of drug-likeness (QED) is 0.822. The molecular formula is C19H26FNO2. The molecule has 1 aliphatic heterocycles. The van der Waals surface area contributed by atoms with E-state index in [1.165, 1.54) is 12.8 Å². The van der Waals surface area contributed by atoms with Crippen LogP contribution in [0.2, 0.25) is 0 Å². The molecule has 3 rings (SSSR count). The van der Waals surface area contributed by atoms with Crippen molar-refractivity contribution < 1.29 is 13.9 Å². The van der Waals surface area contributed by atoms with Gasteiger partial charge in [-0.15, -0.1) is 0 Å². The van der Waals surface area contributed by atoms with Crippen molar-refractivity contribution in [1.29, 1.82) is 0 Å². The van der Waals surface area contributed by atoms with Crippen LogP contribution in [0.4, 0.5) is 4.39 Å². The lowest BCUT2D eigenvalue weighted by Gasteiger charge is -2.38. The van der Waals surface area contributed by atoms with Gasteiger partial charge in [0.1, 0.15) is 5.82 Å². The van der Waals surface area contributed by atoms with Gasteiger partial charge in [-0.3, -0.25) is 4.79 Å². The van der Waals surface area contributed by atoms with E-state index in [1.807, 2.05) is 4.90 Å². The fourth-order valence-corrected chi connectivity index (χ4v) is 3.34. The second-order valence-electron chi connectivity index (χ2n) is 6.92. The van der Waals surface area contributed by atoms with E-state index in [0.717, 1.165) is 19.3 Å². The van der Waals surface area contributed by atoms with E-state index in [9.17, 15) is 9.18 Å². The smallest absolute Gasteiger partial charge is 0.257 e. The highest BCUT2D eigenvalue weighted by Crippen LogP contribution is 2.37. The molecule has 1 aromatic rings. The average Bonchev–Trinajstić information content (AvgIpc) is 3.39. The highest BCUT2D eigenvalue weighted by molar-refractivity contribution is 5.94. The Morgan fingerprint density at radius 3 is 2.83 bits per heavy atom. The molecule has 1 saturated heterocycles. The van der Waals surface area contributed by atoms with Crippen LogP contribution in [-0.2, 0) is 4.74 Å². The summed E-state index contributed by atoms with van der Waals surface area (Å²) in [6.07, 6.45) is 5.78. The SMILES string of the molecule is CCCC[C@@H]1CN(C(=O)c2cccc(C)c2F)C[C@H](C2CC2)O1. The van der Waals surface area contributed by atoms with Gasteiger partial charge in [-0.05, 0) is 43.7 Å². The zero-order valence-electron chi connectivity index (χ0n) is 14.1. The van der Waals surface area contributed by atoms with Gasteiger partial charge in [0.15, 0.2) is 0 Å². The first kappa shape index (κ1) is 16.4. The summed E-state index contributed by atoms with van der Waals surface area (Å²) in [7, 11) is 0. The number of amides is 1. The minimum Gasteiger partial charge on any atom is -0.371 e. The Labute approximate surface area is 137 Å². The van der Waals surface area contributed by atoms with Crippen molar-refractivity contribution in [2.75, 3.05) is 13.1 Å². The van der Waals surface area contributed by atoms with Crippen molar-refractivity contribution in [3.63, 3.8) is 0 Å². The largest absolute Gasteiger partial charge is 0.371 e. The van der Waals surface area contributed by atoms with E-state index in [2.05, 4.69) is 6.92 Å². The summed E-state index contributed by atoms with van der Waals surface area (Å²) in [5.41, 5.74) is 0.709. The molecule has 0 spiro atoms. The molecule has 1 heterocycles.